The largest absolute Gasteiger partial charge is 0.348 e. The standard InChI is InChI=1S/C19H20N4OS/c1-2-4-13(5-3-1)16-12-20-19(25-16)23-10-8-14(9-11-23)17-21-18(24-22-17)15-6-7-15/h1-5,12,14-15H,6-11H2. The van der Waals surface area contributed by atoms with Crippen LogP contribution in [0.15, 0.2) is 41.1 Å². The van der Waals surface area contributed by atoms with E-state index in [1.807, 2.05) is 12.3 Å². The molecule has 0 unspecified atom stereocenters. The average Bonchev–Trinajstić information content (AvgIpc) is 3.21. The molecule has 2 fully saturated rings. The van der Waals surface area contributed by atoms with Crippen molar-refractivity contribution in [2.24, 2.45) is 0 Å². The van der Waals surface area contributed by atoms with Crippen LogP contribution in [0, 0.1) is 0 Å². The number of hydrogen-bond donors (Lipinski definition) is 0. The second-order valence-corrected chi connectivity index (χ2v) is 7.91. The number of nitrogens with zero attached hydrogens (tertiary/aromatic N) is 4. The van der Waals surface area contributed by atoms with E-state index in [0.717, 1.165) is 42.8 Å². The molecule has 5 nitrogen and oxygen atoms in total. The van der Waals surface area contributed by atoms with Crippen molar-refractivity contribution in [3.63, 3.8) is 0 Å². The molecule has 25 heavy (non-hydrogen) atoms. The molecule has 2 aliphatic rings. The molecule has 3 heterocycles. The Balaban J connectivity index is 1.25. The maximum atomic E-state index is 5.42. The average molecular weight is 352 g/mol. The van der Waals surface area contributed by atoms with Gasteiger partial charge in [0.25, 0.3) is 0 Å². The lowest BCUT2D eigenvalue weighted by molar-refractivity contribution is 0.365. The fourth-order valence-electron chi connectivity index (χ4n) is 3.39. The van der Waals surface area contributed by atoms with Crippen molar-refractivity contribution < 1.29 is 4.52 Å². The number of hydrogen-bond acceptors (Lipinski definition) is 6. The monoisotopic (exact) mass is 352 g/mol. The highest BCUT2D eigenvalue weighted by atomic mass is 32.1. The van der Waals surface area contributed by atoms with Gasteiger partial charge in [0.05, 0.1) is 4.88 Å². The van der Waals surface area contributed by atoms with Gasteiger partial charge in [-0.15, -0.1) is 0 Å². The van der Waals surface area contributed by atoms with Crippen molar-refractivity contribution in [2.45, 2.75) is 37.5 Å². The lowest BCUT2D eigenvalue weighted by Gasteiger charge is -2.30. The molecule has 0 N–H and O–H groups in total. The number of benzene rings is 1. The maximum absolute atomic E-state index is 5.42. The number of anilines is 1. The van der Waals surface area contributed by atoms with E-state index in [-0.39, 0.29) is 0 Å². The molecule has 0 spiro atoms. The van der Waals surface area contributed by atoms with E-state index in [9.17, 15) is 0 Å². The van der Waals surface area contributed by atoms with E-state index >= 15 is 0 Å². The van der Waals surface area contributed by atoms with Gasteiger partial charge in [0.15, 0.2) is 11.0 Å². The van der Waals surface area contributed by atoms with Crippen LogP contribution in [0.4, 0.5) is 5.13 Å². The molecule has 1 aromatic carbocycles. The Hall–Kier alpha value is -2.21. The highest BCUT2D eigenvalue weighted by molar-refractivity contribution is 7.18. The van der Waals surface area contributed by atoms with Gasteiger partial charge in [0, 0.05) is 31.1 Å². The minimum atomic E-state index is 0.418. The highest BCUT2D eigenvalue weighted by Gasteiger charge is 2.32. The van der Waals surface area contributed by atoms with Crippen molar-refractivity contribution in [3.05, 3.63) is 48.2 Å². The van der Waals surface area contributed by atoms with Crippen LogP contribution in [0.25, 0.3) is 10.4 Å². The minimum Gasteiger partial charge on any atom is -0.348 e. The summed E-state index contributed by atoms with van der Waals surface area (Å²) in [6, 6.07) is 10.5. The zero-order valence-corrected chi connectivity index (χ0v) is 14.8. The Kier molecular flexibility index (Phi) is 3.77. The lowest BCUT2D eigenvalue weighted by atomic mass is 9.96. The van der Waals surface area contributed by atoms with Crippen LogP contribution in [0.2, 0.25) is 0 Å². The molecule has 1 saturated carbocycles. The molecule has 1 aliphatic heterocycles. The Labute approximate surface area is 150 Å². The lowest BCUT2D eigenvalue weighted by Crippen LogP contribution is -2.33. The van der Waals surface area contributed by atoms with Gasteiger partial charge in [-0.25, -0.2) is 4.98 Å². The third-order valence-electron chi connectivity index (χ3n) is 5.07. The Bertz CT molecular complexity index is 847. The summed E-state index contributed by atoms with van der Waals surface area (Å²) >= 11 is 1.77. The topological polar surface area (TPSA) is 55.1 Å². The number of rotatable bonds is 4. The molecular weight excluding hydrogens is 332 g/mol. The van der Waals surface area contributed by atoms with Gasteiger partial charge in [-0.1, -0.05) is 46.8 Å². The summed E-state index contributed by atoms with van der Waals surface area (Å²) in [5, 5.41) is 5.34. The molecule has 1 aliphatic carbocycles. The number of aromatic nitrogens is 3. The van der Waals surface area contributed by atoms with Crippen molar-refractivity contribution in [1.29, 1.82) is 0 Å². The Morgan fingerprint density at radius 1 is 1.00 bits per heavy atom. The van der Waals surface area contributed by atoms with Gasteiger partial charge < -0.3 is 9.42 Å². The molecule has 0 bridgehead atoms. The van der Waals surface area contributed by atoms with Gasteiger partial charge >= 0.3 is 0 Å². The van der Waals surface area contributed by atoms with Crippen molar-refractivity contribution >= 4 is 16.5 Å². The molecule has 6 heteroatoms. The van der Waals surface area contributed by atoms with E-state index in [0.29, 0.717) is 11.8 Å². The molecule has 128 valence electrons. The first-order valence-corrected chi connectivity index (χ1v) is 9.78. The van der Waals surface area contributed by atoms with Gasteiger partial charge in [0.1, 0.15) is 0 Å². The fourth-order valence-corrected chi connectivity index (χ4v) is 4.36. The first-order valence-electron chi connectivity index (χ1n) is 8.96. The normalized spacial score (nSPS) is 18.6. The Morgan fingerprint density at radius 3 is 2.56 bits per heavy atom. The molecular formula is C19H20N4OS. The van der Waals surface area contributed by atoms with E-state index in [1.165, 1.54) is 23.3 Å². The maximum Gasteiger partial charge on any atom is 0.229 e. The van der Waals surface area contributed by atoms with Gasteiger partial charge in [-0.2, -0.15) is 4.98 Å². The van der Waals surface area contributed by atoms with Gasteiger partial charge in [0.2, 0.25) is 5.89 Å². The van der Waals surface area contributed by atoms with Crippen molar-refractivity contribution in [2.75, 3.05) is 18.0 Å². The van der Waals surface area contributed by atoms with Crippen LogP contribution < -0.4 is 4.90 Å². The van der Waals surface area contributed by atoms with Crippen LogP contribution >= 0.6 is 11.3 Å². The third-order valence-corrected chi connectivity index (χ3v) is 6.17. The van der Waals surface area contributed by atoms with E-state index in [1.54, 1.807) is 11.3 Å². The predicted molar refractivity (Wildman–Crippen MR) is 98.0 cm³/mol. The van der Waals surface area contributed by atoms with E-state index in [2.05, 4.69) is 44.3 Å². The summed E-state index contributed by atoms with van der Waals surface area (Å²) in [4.78, 5) is 12.9. The first-order chi connectivity index (χ1) is 12.4. The van der Waals surface area contributed by atoms with Crippen LogP contribution in [0.5, 0.6) is 0 Å². The fraction of sp³-hybridized carbons (Fsp3) is 0.421. The molecule has 0 atom stereocenters. The quantitative estimate of drug-likeness (QED) is 0.694. The summed E-state index contributed by atoms with van der Waals surface area (Å²) in [6.45, 7) is 2.00. The van der Waals surface area contributed by atoms with Crippen molar-refractivity contribution in [3.8, 4) is 10.4 Å². The zero-order valence-electron chi connectivity index (χ0n) is 14.0. The van der Waals surface area contributed by atoms with Crippen LogP contribution in [0.1, 0.15) is 49.2 Å². The molecule has 0 amide bonds. The van der Waals surface area contributed by atoms with Gasteiger partial charge in [-0.3, -0.25) is 0 Å². The number of thiazole rings is 1. The Morgan fingerprint density at radius 2 is 1.80 bits per heavy atom. The minimum absolute atomic E-state index is 0.418. The SMILES string of the molecule is c1ccc(-c2cnc(N3CCC(c4noc(C5CC5)n4)CC3)s2)cc1. The first kappa shape index (κ1) is 15.1. The third kappa shape index (κ3) is 3.06. The second-order valence-electron chi connectivity index (χ2n) is 6.90. The summed E-state index contributed by atoms with van der Waals surface area (Å²) < 4.78 is 5.42. The van der Waals surface area contributed by atoms with E-state index < -0.39 is 0 Å². The van der Waals surface area contributed by atoms with Crippen LogP contribution in [-0.2, 0) is 0 Å². The zero-order chi connectivity index (χ0) is 16.6. The summed E-state index contributed by atoms with van der Waals surface area (Å²) in [5.41, 5.74) is 1.24. The molecule has 2 aromatic heterocycles. The molecule has 5 rings (SSSR count). The summed E-state index contributed by atoms with van der Waals surface area (Å²) in [7, 11) is 0. The van der Waals surface area contributed by atoms with Gasteiger partial charge in [-0.05, 0) is 31.2 Å². The smallest absolute Gasteiger partial charge is 0.229 e. The summed E-state index contributed by atoms with van der Waals surface area (Å²) in [5.74, 6) is 2.71. The molecule has 0 radical (unpaired) electrons. The van der Waals surface area contributed by atoms with Crippen LogP contribution in [0.3, 0.4) is 0 Å². The summed E-state index contributed by atoms with van der Waals surface area (Å²) in [6.07, 6.45) is 6.51. The highest BCUT2D eigenvalue weighted by Crippen LogP contribution is 2.40. The van der Waals surface area contributed by atoms with E-state index in [4.69, 9.17) is 4.52 Å². The number of piperidine rings is 1. The van der Waals surface area contributed by atoms with Crippen LogP contribution in [-0.4, -0.2) is 28.2 Å². The molecule has 1 saturated heterocycles. The molecule has 3 aromatic rings. The second kappa shape index (κ2) is 6.26. The van der Waals surface area contributed by atoms with Crippen molar-refractivity contribution in [1.82, 2.24) is 15.1 Å². The predicted octanol–water partition coefficient (Wildman–Crippen LogP) is 4.45.